The summed E-state index contributed by atoms with van der Waals surface area (Å²) in [5.41, 5.74) is 5.49. The van der Waals surface area contributed by atoms with E-state index in [0.29, 0.717) is 27.9 Å². The molecule has 5 heterocycles. The minimum absolute atomic E-state index is 0.328. The second kappa shape index (κ2) is 6.81. The Kier molecular flexibility index (Phi) is 3.82. The van der Waals surface area contributed by atoms with Crippen molar-refractivity contribution in [1.82, 2.24) is 35.1 Å². The molecule has 0 fully saturated rings. The van der Waals surface area contributed by atoms with Crippen LogP contribution in [0.3, 0.4) is 0 Å². The molecular weight excluding hydrogens is 393 g/mol. The van der Waals surface area contributed by atoms with E-state index in [9.17, 15) is 4.39 Å². The van der Waals surface area contributed by atoms with Gasteiger partial charge in [0, 0.05) is 47.5 Å². The third-order valence-electron chi connectivity index (χ3n) is 5.18. The van der Waals surface area contributed by atoms with Crippen molar-refractivity contribution in [1.29, 1.82) is 0 Å². The first kappa shape index (κ1) is 17.4. The number of aromatic amines is 2. The molecule has 1 aromatic carbocycles. The van der Waals surface area contributed by atoms with Gasteiger partial charge in [-0.3, -0.25) is 20.1 Å². The minimum atomic E-state index is -0.385. The van der Waals surface area contributed by atoms with E-state index in [1.54, 1.807) is 31.0 Å². The lowest BCUT2D eigenvalue weighted by Crippen LogP contribution is -1.86. The summed E-state index contributed by atoms with van der Waals surface area (Å²) >= 11 is 0. The number of halogens is 1. The molecule has 0 aliphatic rings. The van der Waals surface area contributed by atoms with E-state index in [2.05, 4.69) is 30.1 Å². The van der Waals surface area contributed by atoms with Crippen molar-refractivity contribution >= 4 is 21.9 Å². The van der Waals surface area contributed by atoms with Crippen LogP contribution in [0.5, 0.6) is 0 Å². The summed E-state index contributed by atoms with van der Waals surface area (Å²) < 4.78 is 14.8. The van der Waals surface area contributed by atoms with Crippen LogP contribution in [0, 0.1) is 5.82 Å². The Balaban J connectivity index is 1.55. The molecule has 0 aliphatic heterocycles. The van der Waals surface area contributed by atoms with Crippen molar-refractivity contribution in [3.05, 3.63) is 79.3 Å². The first-order valence-corrected chi connectivity index (χ1v) is 9.61. The Bertz CT molecular complexity index is 1540. The van der Waals surface area contributed by atoms with Gasteiger partial charge in [0.05, 0.1) is 11.2 Å². The first-order valence-electron chi connectivity index (χ1n) is 9.61. The predicted octanol–water partition coefficient (Wildman–Crippen LogP) is 4.76. The standard InChI is InChI=1S/C23H14FN7/c24-17-10-15(13-3-1-6-25-11-13)9-16-20(17)30-31-21(16)23-28-18-5-8-27-19(22(18)29-23)14-4-2-7-26-12-14/h1-12H,(H,28,29)(H,30,31). The van der Waals surface area contributed by atoms with E-state index in [4.69, 9.17) is 4.98 Å². The van der Waals surface area contributed by atoms with Gasteiger partial charge < -0.3 is 4.98 Å². The number of nitrogens with one attached hydrogen (secondary N) is 2. The van der Waals surface area contributed by atoms with Crippen molar-refractivity contribution < 1.29 is 4.39 Å². The molecule has 6 aromatic rings. The highest BCUT2D eigenvalue weighted by Gasteiger charge is 2.18. The monoisotopic (exact) mass is 407 g/mol. The lowest BCUT2D eigenvalue weighted by Gasteiger charge is -2.03. The van der Waals surface area contributed by atoms with E-state index >= 15 is 0 Å². The highest BCUT2D eigenvalue weighted by atomic mass is 19.1. The van der Waals surface area contributed by atoms with Crippen LogP contribution in [0.1, 0.15) is 0 Å². The molecular formula is C23H14FN7. The fraction of sp³-hybridized carbons (Fsp3) is 0. The van der Waals surface area contributed by atoms with E-state index in [-0.39, 0.29) is 5.82 Å². The molecule has 0 saturated heterocycles. The Hall–Kier alpha value is -4.46. The summed E-state index contributed by atoms with van der Waals surface area (Å²) in [7, 11) is 0. The van der Waals surface area contributed by atoms with Crippen LogP contribution in [-0.2, 0) is 0 Å². The molecule has 0 unspecified atom stereocenters. The highest BCUT2D eigenvalue weighted by Crippen LogP contribution is 2.33. The van der Waals surface area contributed by atoms with Crippen LogP contribution in [0.25, 0.3) is 55.8 Å². The lowest BCUT2D eigenvalue weighted by molar-refractivity contribution is 0.636. The number of fused-ring (bicyclic) bond motifs is 2. The van der Waals surface area contributed by atoms with Gasteiger partial charge in [0.25, 0.3) is 0 Å². The van der Waals surface area contributed by atoms with Crippen LogP contribution in [-0.4, -0.2) is 35.1 Å². The molecule has 31 heavy (non-hydrogen) atoms. The smallest absolute Gasteiger partial charge is 0.159 e. The van der Waals surface area contributed by atoms with Gasteiger partial charge in [-0.25, -0.2) is 9.37 Å². The summed E-state index contributed by atoms with van der Waals surface area (Å²) in [5.74, 6) is 0.144. The number of pyridine rings is 3. The largest absolute Gasteiger partial charge is 0.336 e. The number of imidazole rings is 1. The predicted molar refractivity (Wildman–Crippen MR) is 115 cm³/mol. The second-order valence-electron chi connectivity index (χ2n) is 7.08. The molecule has 7 nitrogen and oxygen atoms in total. The normalized spacial score (nSPS) is 11.4. The first-order chi connectivity index (χ1) is 15.3. The van der Waals surface area contributed by atoms with E-state index in [0.717, 1.165) is 27.9 Å². The minimum Gasteiger partial charge on any atom is -0.336 e. The van der Waals surface area contributed by atoms with Crippen molar-refractivity contribution in [2.24, 2.45) is 0 Å². The van der Waals surface area contributed by atoms with E-state index in [1.807, 2.05) is 36.4 Å². The number of nitrogens with zero attached hydrogens (tertiary/aromatic N) is 5. The van der Waals surface area contributed by atoms with Gasteiger partial charge in [-0.15, -0.1) is 0 Å². The molecule has 5 aromatic heterocycles. The van der Waals surface area contributed by atoms with Gasteiger partial charge in [-0.1, -0.05) is 6.07 Å². The summed E-state index contributed by atoms with van der Waals surface area (Å²) in [5, 5.41) is 7.78. The van der Waals surface area contributed by atoms with Gasteiger partial charge in [0.15, 0.2) is 5.82 Å². The molecule has 0 atom stereocenters. The van der Waals surface area contributed by atoms with Gasteiger partial charge in [0.1, 0.15) is 22.5 Å². The molecule has 0 saturated carbocycles. The second-order valence-corrected chi connectivity index (χ2v) is 7.08. The summed E-state index contributed by atoms with van der Waals surface area (Å²) in [6.45, 7) is 0. The maximum absolute atomic E-state index is 14.8. The van der Waals surface area contributed by atoms with Crippen LogP contribution in [0.2, 0.25) is 0 Å². The summed E-state index contributed by atoms with van der Waals surface area (Å²) in [6.07, 6.45) is 8.56. The molecule has 0 amide bonds. The van der Waals surface area contributed by atoms with Crippen molar-refractivity contribution in [2.75, 3.05) is 0 Å². The Labute approximate surface area is 175 Å². The maximum Gasteiger partial charge on any atom is 0.159 e. The number of hydrogen-bond acceptors (Lipinski definition) is 5. The number of benzene rings is 1. The van der Waals surface area contributed by atoms with Gasteiger partial charge in [-0.05, 0) is 42.0 Å². The summed E-state index contributed by atoms with van der Waals surface area (Å²) in [4.78, 5) is 20.8. The van der Waals surface area contributed by atoms with Crippen molar-refractivity contribution in [3.63, 3.8) is 0 Å². The molecule has 0 bridgehead atoms. The SMILES string of the molecule is Fc1cc(-c2cccnc2)cc2c(-c3nc4c(-c5cccnc5)nccc4[nH]3)n[nH]c12. The maximum atomic E-state index is 14.8. The van der Waals surface area contributed by atoms with Crippen LogP contribution in [0.15, 0.2) is 73.4 Å². The average molecular weight is 407 g/mol. The number of rotatable bonds is 3. The zero-order valence-corrected chi connectivity index (χ0v) is 16.0. The highest BCUT2D eigenvalue weighted by molar-refractivity contribution is 5.97. The zero-order chi connectivity index (χ0) is 20.8. The van der Waals surface area contributed by atoms with Crippen LogP contribution in [0.4, 0.5) is 4.39 Å². The van der Waals surface area contributed by atoms with Gasteiger partial charge in [-0.2, -0.15) is 5.10 Å². The molecule has 2 N–H and O–H groups in total. The molecule has 148 valence electrons. The van der Waals surface area contributed by atoms with Crippen molar-refractivity contribution in [3.8, 4) is 33.9 Å². The average Bonchev–Trinajstić information content (AvgIpc) is 3.44. The molecule has 0 aliphatic carbocycles. The van der Waals surface area contributed by atoms with Crippen molar-refractivity contribution in [2.45, 2.75) is 0 Å². The van der Waals surface area contributed by atoms with Crippen LogP contribution < -0.4 is 0 Å². The summed E-state index contributed by atoms with van der Waals surface area (Å²) in [6, 6.07) is 12.7. The number of hydrogen-bond donors (Lipinski definition) is 2. The zero-order valence-electron chi connectivity index (χ0n) is 16.0. The number of H-pyrrole nitrogens is 2. The van der Waals surface area contributed by atoms with Gasteiger partial charge >= 0.3 is 0 Å². The molecule has 0 radical (unpaired) electrons. The fourth-order valence-electron chi connectivity index (χ4n) is 3.72. The van der Waals surface area contributed by atoms with Crippen LogP contribution >= 0.6 is 0 Å². The third-order valence-corrected chi connectivity index (χ3v) is 5.18. The Morgan fingerprint density at radius 2 is 1.61 bits per heavy atom. The molecule has 0 spiro atoms. The van der Waals surface area contributed by atoms with Gasteiger partial charge in [0.2, 0.25) is 0 Å². The molecule has 6 rings (SSSR count). The van der Waals surface area contributed by atoms with E-state index < -0.39 is 0 Å². The topological polar surface area (TPSA) is 96.0 Å². The number of aromatic nitrogens is 7. The Morgan fingerprint density at radius 3 is 2.39 bits per heavy atom. The molecule has 8 heteroatoms. The fourth-order valence-corrected chi connectivity index (χ4v) is 3.72. The quantitative estimate of drug-likeness (QED) is 0.441. The van der Waals surface area contributed by atoms with E-state index in [1.165, 1.54) is 6.07 Å². The Morgan fingerprint density at radius 1 is 0.806 bits per heavy atom. The third kappa shape index (κ3) is 2.84. The lowest BCUT2D eigenvalue weighted by atomic mass is 10.0.